The van der Waals surface area contributed by atoms with Crippen molar-refractivity contribution in [3.63, 3.8) is 0 Å². The quantitative estimate of drug-likeness (QED) is 0.602. The van der Waals surface area contributed by atoms with Crippen molar-refractivity contribution >= 4 is 0 Å². The SMILES string of the molecule is COC1=CC[C@]2([N+](=O)[O-])CN(Cc3ccccc3)C[C@@]1([N+](=O)[O-])C2. The second-order valence-corrected chi connectivity index (χ2v) is 6.55. The number of ether oxygens (including phenoxy) is 1. The van der Waals surface area contributed by atoms with Gasteiger partial charge in [-0.15, -0.1) is 0 Å². The number of nitro groups is 2. The summed E-state index contributed by atoms with van der Waals surface area (Å²) in [6.07, 6.45) is 1.53. The van der Waals surface area contributed by atoms with Gasteiger partial charge in [0.1, 0.15) is 0 Å². The smallest absolute Gasteiger partial charge is 0.296 e. The minimum Gasteiger partial charge on any atom is -0.494 e. The van der Waals surface area contributed by atoms with Crippen LogP contribution in [0.25, 0.3) is 0 Å². The summed E-state index contributed by atoms with van der Waals surface area (Å²) in [5.74, 6) is 0.225. The Bertz CT molecular complexity index is 692. The van der Waals surface area contributed by atoms with Crippen LogP contribution in [0.4, 0.5) is 0 Å². The summed E-state index contributed by atoms with van der Waals surface area (Å²) in [6, 6.07) is 9.47. The predicted octanol–water partition coefficient (Wildman–Crippen LogP) is 1.86. The number of methoxy groups -OCH3 is 1. The van der Waals surface area contributed by atoms with E-state index in [0.717, 1.165) is 5.56 Å². The second-order valence-electron chi connectivity index (χ2n) is 6.55. The Labute approximate surface area is 139 Å². The van der Waals surface area contributed by atoms with Crippen LogP contribution in [-0.2, 0) is 11.3 Å². The van der Waals surface area contributed by atoms with Crippen LogP contribution in [0.2, 0.25) is 0 Å². The molecule has 2 atom stereocenters. The van der Waals surface area contributed by atoms with Gasteiger partial charge in [0.25, 0.3) is 5.54 Å². The minimum atomic E-state index is -1.56. The highest BCUT2D eigenvalue weighted by molar-refractivity contribution is 5.24. The van der Waals surface area contributed by atoms with E-state index in [1.54, 1.807) is 4.90 Å². The standard InChI is InChI=1S/C16H19N3O5/c1-24-14-7-8-15(18(20)21)10-16(14,19(22)23)12-17(11-15)9-13-5-3-2-4-6-13/h2-7H,8-12H2,1H3/t15-,16+/m1/s1. The van der Waals surface area contributed by atoms with Crippen molar-refractivity contribution < 1.29 is 14.6 Å². The average molecular weight is 333 g/mol. The van der Waals surface area contributed by atoms with Crippen molar-refractivity contribution in [2.45, 2.75) is 30.5 Å². The number of rotatable bonds is 5. The molecule has 0 saturated carbocycles. The normalized spacial score (nSPS) is 29.6. The molecule has 0 radical (unpaired) electrons. The Morgan fingerprint density at radius 2 is 1.88 bits per heavy atom. The largest absolute Gasteiger partial charge is 0.494 e. The number of likely N-dealkylation sites (tertiary alicyclic amines) is 1. The predicted molar refractivity (Wildman–Crippen MR) is 85.5 cm³/mol. The first-order valence-corrected chi connectivity index (χ1v) is 7.72. The zero-order valence-corrected chi connectivity index (χ0v) is 13.4. The maximum atomic E-state index is 11.9. The first kappa shape index (κ1) is 16.4. The van der Waals surface area contributed by atoms with E-state index in [0.29, 0.717) is 6.54 Å². The summed E-state index contributed by atoms with van der Waals surface area (Å²) in [7, 11) is 1.38. The molecule has 0 spiro atoms. The number of piperidine rings is 1. The zero-order chi connectivity index (χ0) is 17.4. The van der Waals surface area contributed by atoms with Crippen molar-refractivity contribution in [2.75, 3.05) is 20.2 Å². The van der Waals surface area contributed by atoms with Gasteiger partial charge in [-0.2, -0.15) is 0 Å². The number of benzene rings is 1. The van der Waals surface area contributed by atoms with Crippen molar-refractivity contribution in [2.24, 2.45) is 0 Å². The Kier molecular flexibility index (Phi) is 4.00. The van der Waals surface area contributed by atoms with Crippen LogP contribution in [0, 0.1) is 20.2 Å². The van der Waals surface area contributed by atoms with E-state index < -0.39 is 16.0 Å². The highest BCUT2D eigenvalue weighted by Gasteiger charge is 2.66. The maximum Gasteiger partial charge on any atom is 0.296 e. The van der Waals surface area contributed by atoms with Crippen LogP contribution in [0.3, 0.4) is 0 Å². The van der Waals surface area contributed by atoms with Gasteiger partial charge in [0.15, 0.2) is 5.76 Å². The number of hydrogen-bond acceptors (Lipinski definition) is 6. The zero-order valence-electron chi connectivity index (χ0n) is 13.4. The van der Waals surface area contributed by atoms with Gasteiger partial charge >= 0.3 is 0 Å². The van der Waals surface area contributed by atoms with Crippen molar-refractivity contribution in [3.05, 3.63) is 68.0 Å². The Morgan fingerprint density at radius 1 is 1.17 bits per heavy atom. The van der Waals surface area contributed by atoms with Crippen molar-refractivity contribution in [3.8, 4) is 0 Å². The highest BCUT2D eigenvalue weighted by Crippen LogP contribution is 2.44. The first-order chi connectivity index (χ1) is 11.4. The minimum absolute atomic E-state index is 0.101. The van der Waals surface area contributed by atoms with Crippen molar-refractivity contribution in [1.82, 2.24) is 4.90 Å². The van der Waals surface area contributed by atoms with E-state index in [2.05, 4.69) is 0 Å². The lowest BCUT2D eigenvalue weighted by molar-refractivity contribution is -0.624. The molecule has 1 saturated heterocycles. The molecule has 2 aliphatic rings. The molecule has 2 bridgehead atoms. The van der Waals surface area contributed by atoms with E-state index in [-0.39, 0.29) is 36.6 Å². The molecule has 0 unspecified atom stereocenters. The Balaban J connectivity index is 1.99. The molecule has 1 heterocycles. The van der Waals surface area contributed by atoms with E-state index in [1.807, 2.05) is 30.3 Å². The summed E-state index contributed by atoms with van der Waals surface area (Å²) in [5.41, 5.74) is -1.94. The van der Waals surface area contributed by atoms with Gasteiger partial charge in [-0.3, -0.25) is 25.1 Å². The molecule has 1 aromatic rings. The molecule has 0 N–H and O–H groups in total. The number of fused-ring (bicyclic) bond motifs is 2. The van der Waals surface area contributed by atoms with Gasteiger partial charge in [-0.1, -0.05) is 30.3 Å². The van der Waals surface area contributed by atoms with Crippen LogP contribution in [0.1, 0.15) is 18.4 Å². The molecule has 3 rings (SSSR count). The van der Waals surface area contributed by atoms with Crippen LogP contribution < -0.4 is 0 Å². The summed E-state index contributed by atoms with van der Waals surface area (Å²) in [5, 5.41) is 23.6. The van der Waals surface area contributed by atoms with Crippen LogP contribution >= 0.6 is 0 Å². The fourth-order valence-electron chi connectivity index (χ4n) is 3.91. The summed E-state index contributed by atoms with van der Waals surface area (Å²) in [4.78, 5) is 24.6. The summed E-state index contributed by atoms with van der Waals surface area (Å²) >= 11 is 0. The third-order valence-electron chi connectivity index (χ3n) is 4.96. The molecular weight excluding hydrogens is 314 g/mol. The fraction of sp³-hybridized carbons (Fsp3) is 0.500. The van der Waals surface area contributed by atoms with E-state index in [1.165, 1.54) is 13.2 Å². The fourth-order valence-corrected chi connectivity index (χ4v) is 3.91. The van der Waals surface area contributed by atoms with Gasteiger partial charge in [-0.25, -0.2) is 0 Å². The third kappa shape index (κ3) is 2.52. The van der Waals surface area contributed by atoms with Gasteiger partial charge in [0.2, 0.25) is 5.54 Å². The molecule has 1 aliphatic heterocycles. The molecule has 0 aromatic heterocycles. The van der Waals surface area contributed by atoms with Gasteiger partial charge in [0.05, 0.1) is 26.6 Å². The third-order valence-corrected chi connectivity index (χ3v) is 4.96. The molecule has 1 aromatic carbocycles. The monoisotopic (exact) mass is 333 g/mol. The lowest BCUT2D eigenvalue weighted by Gasteiger charge is -2.45. The molecule has 1 fully saturated rings. The molecular formula is C16H19N3O5. The lowest BCUT2D eigenvalue weighted by Crippen LogP contribution is -2.67. The van der Waals surface area contributed by atoms with Gasteiger partial charge in [0, 0.05) is 22.8 Å². The Hall–Kier alpha value is -2.48. The van der Waals surface area contributed by atoms with Crippen LogP contribution in [-0.4, -0.2) is 46.0 Å². The average Bonchev–Trinajstić information content (AvgIpc) is 2.55. The molecule has 8 heteroatoms. The number of nitrogens with zero attached hydrogens (tertiary/aromatic N) is 3. The maximum absolute atomic E-state index is 11.9. The van der Waals surface area contributed by atoms with E-state index in [4.69, 9.17) is 4.74 Å². The van der Waals surface area contributed by atoms with Gasteiger partial charge < -0.3 is 4.74 Å². The Morgan fingerprint density at radius 3 is 2.46 bits per heavy atom. The topological polar surface area (TPSA) is 98.8 Å². The van der Waals surface area contributed by atoms with E-state index in [9.17, 15) is 20.2 Å². The molecule has 24 heavy (non-hydrogen) atoms. The van der Waals surface area contributed by atoms with Crippen LogP contribution in [0.15, 0.2) is 42.2 Å². The number of hydrogen-bond donors (Lipinski definition) is 0. The van der Waals surface area contributed by atoms with E-state index >= 15 is 0 Å². The van der Waals surface area contributed by atoms with Crippen molar-refractivity contribution in [1.29, 1.82) is 0 Å². The van der Waals surface area contributed by atoms with Crippen LogP contribution in [0.5, 0.6) is 0 Å². The second kappa shape index (κ2) is 5.86. The summed E-state index contributed by atoms with van der Waals surface area (Å²) < 4.78 is 5.23. The molecule has 8 nitrogen and oxygen atoms in total. The molecule has 128 valence electrons. The summed E-state index contributed by atoms with van der Waals surface area (Å²) in [6.45, 7) is 0.727. The lowest BCUT2D eigenvalue weighted by atomic mass is 9.71. The molecule has 0 amide bonds. The van der Waals surface area contributed by atoms with Gasteiger partial charge in [-0.05, 0) is 11.6 Å². The highest BCUT2D eigenvalue weighted by atomic mass is 16.6. The molecule has 1 aliphatic carbocycles. The first-order valence-electron chi connectivity index (χ1n) is 7.72.